The summed E-state index contributed by atoms with van der Waals surface area (Å²) in [5, 5.41) is 9.76. The van der Waals surface area contributed by atoms with Crippen molar-refractivity contribution < 1.29 is 19.4 Å². The Morgan fingerprint density at radius 3 is 1.92 bits per heavy atom. The Hall–Kier alpha value is -0.0300. The average molecular weight is 363 g/mol. The molecule has 0 aromatic heterocycles. The fourth-order valence-electron chi connectivity index (χ4n) is 2.56. The second-order valence-corrected chi connectivity index (χ2v) is 7.22. The molecule has 0 spiro atoms. The maximum Gasteiger partial charge on any atom is 0.327 e. The molecule has 0 aromatic rings. The lowest BCUT2D eigenvalue weighted by Crippen LogP contribution is -2.37. The smallest absolute Gasteiger partial charge is 0.327 e. The van der Waals surface area contributed by atoms with E-state index in [1.807, 2.05) is 6.08 Å². The van der Waals surface area contributed by atoms with Gasteiger partial charge in [-0.2, -0.15) is 0 Å². The molecule has 2 atom stereocenters. The van der Waals surface area contributed by atoms with Crippen molar-refractivity contribution in [3.8, 4) is 0 Å². The Labute approximate surface area is 149 Å². The molecule has 0 amide bonds. The van der Waals surface area contributed by atoms with Crippen molar-refractivity contribution >= 4 is 8.60 Å². The van der Waals surface area contributed by atoms with Crippen LogP contribution >= 0.6 is 8.60 Å². The topological polar surface area (TPSA) is 95.9 Å². The summed E-state index contributed by atoms with van der Waals surface area (Å²) >= 11 is 0. The van der Waals surface area contributed by atoms with E-state index in [2.05, 4.69) is 11.4 Å². The first-order valence-corrected chi connectivity index (χ1v) is 10.7. The molecule has 0 unspecified atom stereocenters. The van der Waals surface area contributed by atoms with Gasteiger partial charge in [0, 0.05) is 0 Å². The van der Waals surface area contributed by atoms with Crippen molar-refractivity contribution in [3.05, 3.63) is 12.2 Å². The molecule has 0 bridgehead atoms. The minimum atomic E-state index is -2.40. The Kier molecular flexibility index (Phi) is 17.8. The van der Waals surface area contributed by atoms with E-state index >= 15 is 0 Å². The quantitative estimate of drug-likeness (QED) is 0.177. The van der Waals surface area contributed by atoms with E-state index in [1.54, 1.807) is 6.08 Å². The van der Waals surface area contributed by atoms with Crippen LogP contribution in [0.15, 0.2) is 12.2 Å². The average Bonchev–Trinajstić information content (AvgIpc) is 2.56. The minimum absolute atomic E-state index is 0.0668. The van der Waals surface area contributed by atoms with Crippen LogP contribution in [0.4, 0.5) is 0 Å². The van der Waals surface area contributed by atoms with Gasteiger partial charge in [0.25, 0.3) is 0 Å². The summed E-state index contributed by atoms with van der Waals surface area (Å²) in [7, 11) is -2.40. The molecule has 0 aromatic carbocycles. The van der Waals surface area contributed by atoms with Crippen LogP contribution in [0.5, 0.6) is 0 Å². The molecule has 0 aliphatic rings. The predicted molar refractivity (Wildman–Crippen MR) is 102 cm³/mol. The van der Waals surface area contributed by atoms with Crippen LogP contribution in [-0.4, -0.2) is 33.6 Å². The van der Waals surface area contributed by atoms with Gasteiger partial charge in [0.2, 0.25) is 0 Å². The molecule has 0 radical (unpaired) electrons. The van der Waals surface area contributed by atoms with Gasteiger partial charge < -0.3 is 25.2 Å². The van der Waals surface area contributed by atoms with Gasteiger partial charge in [0.05, 0.1) is 18.8 Å². The number of rotatable bonds is 17. The second kappa shape index (κ2) is 17.8. The fraction of sp³-hybridized carbons (Fsp3) is 0.889. The number of aliphatic hydroxyl groups excluding tert-OH is 1. The van der Waals surface area contributed by atoms with E-state index in [4.69, 9.17) is 15.5 Å². The monoisotopic (exact) mass is 363 g/mol. The van der Waals surface area contributed by atoms with E-state index in [9.17, 15) is 5.11 Å². The van der Waals surface area contributed by atoms with Crippen LogP contribution in [0.1, 0.15) is 84.0 Å². The number of hydrogen-bond acceptors (Lipinski definition) is 5. The standard InChI is InChI=1S/C18H38NO4P/c1-2-3-4-5-6-7-8-9-10-11-12-13-14-15-18(20)17(19)16-23-24(21)22/h14-15,17-18,20-22H,2-13,16,19H2,1H3/b15-14+/t17-,18+/m0/s1. The Morgan fingerprint density at radius 2 is 1.42 bits per heavy atom. The zero-order valence-corrected chi connectivity index (χ0v) is 16.2. The summed E-state index contributed by atoms with van der Waals surface area (Å²) in [6.07, 6.45) is 18.3. The van der Waals surface area contributed by atoms with Crippen molar-refractivity contribution in [2.75, 3.05) is 6.61 Å². The van der Waals surface area contributed by atoms with Crippen LogP contribution in [0.2, 0.25) is 0 Å². The van der Waals surface area contributed by atoms with Crippen LogP contribution < -0.4 is 5.73 Å². The summed E-state index contributed by atoms with van der Waals surface area (Å²) in [6, 6.07) is -0.636. The molecule has 0 aliphatic heterocycles. The highest BCUT2D eigenvalue weighted by atomic mass is 31.2. The molecule has 24 heavy (non-hydrogen) atoms. The van der Waals surface area contributed by atoms with Crippen molar-refractivity contribution in [3.63, 3.8) is 0 Å². The van der Waals surface area contributed by atoms with E-state index in [1.165, 1.54) is 64.2 Å². The number of hydrogen-bond donors (Lipinski definition) is 4. The lowest BCUT2D eigenvalue weighted by molar-refractivity contribution is 0.144. The first kappa shape index (κ1) is 24.0. The third-order valence-corrected chi connectivity index (χ3v) is 4.51. The highest BCUT2D eigenvalue weighted by molar-refractivity contribution is 7.39. The van der Waals surface area contributed by atoms with Gasteiger partial charge in [-0.1, -0.05) is 83.3 Å². The third-order valence-electron chi connectivity index (χ3n) is 4.13. The lowest BCUT2D eigenvalue weighted by Gasteiger charge is -2.15. The Balaban J connectivity index is 3.36. The van der Waals surface area contributed by atoms with Gasteiger partial charge in [-0.25, -0.2) is 0 Å². The van der Waals surface area contributed by atoms with Gasteiger partial charge in [-0.15, -0.1) is 0 Å². The van der Waals surface area contributed by atoms with Crippen LogP contribution in [0, 0.1) is 0 Å². The first-order chi connectivity index (χ1) is 11.6. The highest BCUT2D eigenvalue weighted by Gasteiger charge is 2.13. The van der Waals surface area contributed by atoms with Gasteiger partial charge >= 0.3 is 8.60 Å². The van der Waals surface area contributed by atoms with Crippen LogP contribution in [0.25, 0.3) is 0 Å². The molecule has 5 N–H and O–H groups in total. The van der Waals surface area contributed by atoms with Crippen LogP contribution in [0.3, 0.4) is 0 Å². The van der Waals surface area contributed by atoms with E-state index in [-0.39, 0.29) is 6.61 Å². The summed E-state index contributed by atoms with van der Waals surface area (Å²) in [6.45, 7) is 2.19. The molecular formula is C18H38NO4P. The summed E-state index contributed by atoms with van der Waals surface area (Å²) in [4.78, 5) is 17.2. The molecule has 0 heterocycles. The fourth-order valence-corrected chi connectivity index (χ4v) is 2.86. The van der Waals surface area contributed by atoms with Crippen molar-refractivity contribution in [1.82, 2.24) is 0 Å². The molecule has 0 fully saturated rings. The van der Waals surface area contributed by atoms with Gasteiger partial charge in [-0.05, 0) is 12.8 Å². The Morgan fingerprint density at radius 1 is 0.917 bits per heavy atom. The summed E-state index contributed by atoms with van der Waals surface area (Å²) in [5.41, 5.74) is 5.67. The maximum atomic E-state index is 9.76. The summed E-state index contributed by atoms with van der Waals surface area (Å²) in [5.74, 6) is 0. The molecule has 0 aliphatic carbocycles. The molecule has 5 nitrogen and oxygen atoms in total. The van der Waals surface area contributed by atoms with Gasteiger partial charge in [-0.3, -0.25) is 0 Å². The minimum Gasteiger partial charge on any atom is -0.387 e. The highest BCUT2D eigenvalue weighted by Crippen LogP contribution is 2.24. The first-order valence-electron chi connectivity index (χ1n) is 9.49. The van der Waals surface area contributed by atoms with Crippen molar-refractivity contribution in [2.24, 2.45) is 5.73 Å². The van der Waals surface area contributed by atoms with E-state index in [0.29, 0.717) is 0 Å². The van der Waals surface area contributed by atoms with E-state index < -0.39 is 20.7 Å². The SMILES string of the molecule is CCCCCCCCCCCCC/C=C/[C@@H](O)[C@@H](N)COP(O)O. The van der Waals surface area contributed by atoms with Crippen molar-refractivity contribution in [1.29, 1.82) is 0 Å². The predicted octanol–water partition coefficient (Wildman–Crippen LogP) is 4.16. The molecular weight excluding hydrogens is 325 g/mol. The molecule has 6 heteroatoms. The number of aliphatic hydroxyl groups is 1. The number of unbranched alkanes of at least 4 members (excludes halogenated alkanes) is 11. The zero-order chi connectivity index (χ0) is 18.0. The normalized spacial score (nSPS) is 14.6. The molecule has 0 saturated heterocycles. The largest absolute Gasteiger partial charge is 0.387 e. The second-order valence-electron chi connectivity index (χ2n) is 6.46. The van der Waals surface area contributed by atoms with Crippen molar-refractivity contribution in [2.45, 2.75) is 96.1 Å². The number of nitrogens with two attached hydrogens (primary N) is 1. The maximum absolute atomic E-state index is 9.76. The van der Waals surface area contributed by atoms with Crippen LogP contribution in [-0.2, 0) is 4.52 Å². The number of allylic oxidation sites excluding steroid dienone is 1. The molecule has 0 rings (SSSR count). The molecule has 144 valence electrons. The van der Waals surface area contributed by atoms with Gasteiger partial charge in [0.15, 0.2) is 0 Å². The molecule has 0 saturated carbocycles. The van der Waals surface area contributed by atoms with Gasteiger partial charge in [0.1, 0.15) is 0 Å². The third kappa shape index (κ3) is 16.8. The van der Waals surface area contributed by atoms with E-state index in [0.717, 1.165) is 12.8 Å². The Bertz CT molecular complexity index is 290. The summed E-state index contributed by atoms with van der Waals surface area (Å²) < 4.78 is 4.60. The lowest BCUT2D eigenvalue weighted by atomic mass is 10.0. The zero-order valence-electron chi connectivity index (χ0n) is 15.3.